The van der Waals surface area contributed by atoms with Crippen LogP contribution in [-0.4, -0.2) is 47.2 Å². The van der Waals surface area contributed by atoms with Crippen LogP contribution in [0.25, 0.3) is 0 Å². The van der Waals surface area contributed by atoms with Crippen LogP contribution in [0.3, 0.4) is 0 Å². The van der Waals surface area contributed by atoms with E-state index in [1.54, 1.807) is 6.92 Å². The summed E-state index contributed by atoms with van der Waals surface area (Å²) in [5, 5.41) is 22.9. The normalized spacial score (nSPS) is 13.6. The van der Waals surface area contributed by atoms with Crippen molar-refractivity contribution in [2.24, 2.45) is 5.92 Å². The lowest BCUT2D eigenvalue weighted by atomic mass is 10.1. The molecule has 0 aromatic heterocycles. The van der Waals surface area contributed by atoms with Crippen LogP contribution in [0, 0.1) is 5.92 Å². The third-order valence-electron chi connectivity index (χ3n) is 2.65. The van der Waals surface area contributed by atoms with Gasteiger partial charge in [-0.1, -0.05) is 13.8 Å². The molecule has 0 bridgehead atoms. The van der Waals surface area contributed by atoms with Crippen molar-refractivity contribution in [2.45, 2.75) is 39.2 Å². The second-order valence-electron chi connectivity index (χ2n) is 4.39. The first-order valence-corrected chi connectivity index (χ1v) is 6.34. The van der Waals surface area contributed by atoms with Crippen LogP contribution >= 0.6 is 0 Å². The smallest absolute Gasteiger partial charge is 0.326 e. The molecule has 7 heteroatoms. The molecule has 0 rings (SSSR count). The van der Waals surface area contributed by atoms with Crippen molar-refractivity contribution in [1.82, 2.24) is 10.6 Å². The van der Waals surface area contributed by atoms with Gasteiger partial charge < -0.3 is 20.8 Å². The maximum atomic E-state index is 11.7. The topological polar surface area (TPSA) is 116 Å². The maximum Gasteiger partial charge on any atom is 0.326 e. The predicted molar refractivity (Wildman–Crippen MR) is 68.8 cm³/mol. The zero-order valence-corrected chi connectivity index (χ0v) is 11.3. The monoisotopic (exact) mass is 274 g/mol. The minimum atomic E-state index is -1.14. The molecule has 0 fully saturated rings. The first kappa shape index (κ1) is 17.4. The summed E-state index contributed by atoms with van der Waals surface area (Å²) in [5.74, 6) is -2.80. The van der Waals surface area contributed by atoms with Crippen LogP contribution in [0.1, 0.15) is 33.1 Å². The van der Waals surface area contributed by atoms with Crippen molar-refractivity contribution < 1.29 is 24.6 Å². The summed E-state index contributed by atoms with van der Waals surface area (Å²) in [4.78, 5) is 33.1. The molecule has 0 aliphatic carbocycles. The summed E-state index contributed by atoms with van der Waals surface area (Å²) in [6, 6.07) is -1.03. The number of amides is 1. The molecule has 4 N–H and O–H groups in total. The average Bonchev–Trinajstić information content (AvgIpc) is 2.33. The van der Waals surface area contributed by atoms with E-state index in [1.165, 1.54) is 0 Å². The van der Waals surface area contributed by atoms with Crippen molar-refractivity contribution in [3.8, 4) is 0 Å². The lowest BCUT2D eigenvalue weighted by Crippen LogP contribution is -2.45. The molecule has 0 aromatic carbocycles. The van der Waals surface area contributed by atoms with Gasteiger partial charge >= 0.3 is 11.9 Å². The number of carboxylic acid groups (broad SMARTS) is 2. The highest BCUT2D eigenvalue weighted by atomic mass is 16.4. The molecule has 2 atom stereocenters. The minimum Gasteiger partial charge on any atom is -0.481 e. The van der Waals surface area contributed by atoms with Gasteiger partial charge in [0.25, 0.3) is 0 Å². The Balaban J connectivity index is 4.21. The largest absolute Gasteiger partial charge is 0.481 e. The van der Waals surface area contributed by atoms with E-state index < -0.39 is 18.0 Å². The average molecular weight is 274 g/mol. The van der Waals surface area contributed by atoms with Gasteiger partial charge in [0.1, 0.15) is 6.04 Å². The molecule has 0 heterocycles. The molecule has 19 heavy (non-hydrogen) atoms. The molecule has 0 spiro atoms. The van der Waals surface area contributed by atoms with Crippen molar-refractivity contribution in [1.29, 1.82) is 0 Å². The van der Waals surface area contributed by atoms with Gasteiger partial charge in [0, 0.05) is 18.9 Å². The zero-order valence-electron chi connectivity index (χ0n) is 11.3. The van der Waals surface area contributed by atoms with Crippen LogP contribution in [0.4, 0.5) is 0 Å². The second kappa shape index (κ2) is 9.32. The molecule has 0 saturated carbocycles. The van der Waals surface area contributed by atoms with E-state index in [0.29, 0.717) is 6.54 Å². The van der Waals surface area contributed by atoms with E-state index in [1.807, 2.05) is 6.92 Å². The molecular weight excluding hydrogens is 252 g/mol. The number of nitrogens with one attached hydrogen (secondary N) is 2. The molecule has 0 aliphatic rings. The van der Waals surface area contributed by atoms with Gasteiger partial charge in [0.05, 0.1) is 0 Å². The van der Waals surface area contributed by atoms with Gasteiger partial charge in [-0.3, -0.25) is 9.59 Å². The van der Waals surface area contributed by atoms with Gasteiger partial charge in [0.2, 0.25) is 5.91 Å². The summed E-state index contributed by atoms with van der Waals surface area (Å²) in [5.41, 5.74) is 0. The third kappa shape index (κ3) is 8.15. The summed E-state index contributed by atoms with van der Waals surface area (Å²) in [6.45, 7) is 4.83. The molecule has 0 aliphatic heterocycles. The van der Waals surface area contributed by atoms with Crippen LogP contribution in [0.5, 0.6) is 0 Å². The van der Waals surface area contributed by atoms with Crippen LogP contribution < -0.4 is 10.6 Å². The number of carbonyl (C=O) groups is 3. The maximum absolute atomic E-state index is 11.7. The van der Waals surface area contributed by atoms with E-state index in [0.717, 1.165) is 6.54 Å². The standard InChI is InChI=1S/C12H22N2O5/c1-3-13-7-8(2)11(17)14-9(12(18)19)5-4-6-10(15)16/h8-9,13H,3-7H2,1-2H3,(H,14,17)(H,15,16)(H,18,19)/t8?,9-/m1/s1. The highest BCUT2D eigenvalue weighted by Gasteiger charge is 2.22. The fourth-order valence-electron chi connectivity index (χ4n) is 1.48. The number of rotatable bonds is 10. The molecule has 1 amide bonds. The fourth-order valence-corrected chi connectivity index (χ4v) is 1.48. The molecule has 0 radical (unpaired) electrons. The van der Waals surface area contributed by atoms with E-state index >= 15 is 0 Å². The molecule has 110 valence electrons. The molecular formula is C12H22N2O5. The summed E-state index contributed by atoms with van der Waals surface area (Å²) in [6.07, 6.45) is 0.224. The number of hydrogen-bond donors (Lipinski definition) is 4. The van der Waals surface area contributed by atoms with Crippen LogP contribution in [-0.2, 0) is 14.4 Å². The highest BCUT2D eigenvalue weighted by molar-refractivity contribution is 5.84. The minimum absolute atomic E-state index is 0.105. The number of aliphatic carboxylic acids is 2. The first-order chi connectivity index (χ1) is 8.88. The quantitative estimate of drug-likeness (QED) is 0.447. The molecule has 7 nitrogen and oxygen atoms in total. The SMILES string of the molecule is CCNCC(C)C(=O)N[C@H](CCCC(=O)O)C(=O)O. The van der Waals surface area contributed by atoms with E-state index in [-0.39, 0.29) is 31.1 Å². The third-order valence-corrected chi connectivity index (χ3v) is 2.65. The van der Waals surface area contributed by atoms with Gasteiger partial charge in [-0.15, -0.1) is 0 Å². The first-order valence-electron chi connectivity index (χ1n) is 6.34. The Hall–Kier alpha value is -1.63. The summed E-state index contributed by atoms with van der Waals surface area (Å²) >= 11 is 0. The lowest BCUT2D eigenvalue weighted by Gasteiger charge is -2.17. The Morgan fingerprint density at radius 1 is 1.21 bits per heavy atom. The van der Waals surface area contributed by atoms with Crippen LogP contribution in [0.2, 0.25) is 0 Å². The van der Waals surface area contributed by atoms with Crippen molar-refractivity contribution >= 4 is 17.8 Å². The highest BCUT2D eigenvalue weighted by Crippen LogP contribution is 2.03. The Morgan fingerprint density at radius 2 is 1.84 bits per heavy atom. The molecule has 0 saturated heterocycles. The molecule has 1 unspecified atom stereocenters. The Kier molecular flexibility index (Phi) is 8.52. The fraction of sp³-hybridized carbons (Fsp3) is 0.750. The Bertz CT molecular complexity index is 319. The zero-order chi connectivity index (χ0) is 14.8. The second-order valence-corrected chi connectivity index (χ2v) is 4.39. The Morgan fingerprint density at radius 3 is 2.32 bits per heavy atom. The van der Waals surface area contributed by atoms with Crippen molar-refractivity contribution in [3.05, 3.63) is 0 Å². The number of hydrogen-bond acceptors (Lipinski definition) is 4. The van der Waals surface area contributed by atoms with E-state index in [4.69, 9.17) is 10.2 Å². The predicted octanol–water partition coefficient (Wildman–Crippen LogP) is 0.0563. The van der Waals surface area contributed by atoms with E-state index in [2.05, 4.69) is 10.6 Å². The number of carbonyl (C=O) groups excluding carboxylic acids is 1. The van der Waals surface area contributed by atoms with Gasteiger partial charge in [0.15, 0.2) is 0 Å². The number of carboxylic acids is 2. The van der Waals surface area contributed by atoms with Gasteiger partial charge in [-0.2, -0.15) is 0 Å². The van der Waals surface area contributed by atoms with Gasteiger partial charge in [-0.25, -0.2) is 4.79 Å². The lowest BCUT2D eigenvalue weighted by molar-refractivity contribution is -0.143. The Labute approximate surface area is 112 Å². The molecule has 0 aromatic rings. The van der Waals surface area contributed by atoms with E-state index in [9.17, 15) is 14.4 Å². The van der Waals surface area contributed by atoms with Crippen molar-refractivity contribution in [2.75, 3.05) is 13.1 Å². The van der Waals surface area contributed by atoms with Gasteiger partial charge in [-0.05, 0) is 19.4 Å². The summed E-state index contributed by atoms with van der Waals surface area (Å²) < 4.78 is 0. The van der Waals surface area contributed by atoms with Crippen molar-refractivity contribution in [3.63, 3.8) is 0 Å². The van der Waals surface area contributed by atoms with Crippen LogP contribution in [0.15, 0.2) is 0 Å². The summed E-state index contributed by atoms with van der Waals surface area (Å²) in [7, 11) is 0.